The molecule has 1 aromatic heterocycles. The summed E-state index contributed by atoms with van der Waals surface area (Å²) in [6.45, 7) is 5.69. The molecule has 0 aliphatic carbocycles. The minimum Gasteiger partial charge on any atom is -0.496 e. The molecule has 5 nitrogen and oxygen atoms in total. The van der Waals surface area contributed by atoms with Crippen molar-refractivity contribution in [2.24, 2.45) is 0 Å². The van der Waals surface area contributed by atoms with Crippen molar-refractivity contribution in [1.29, 1.82) is 0 Å². The number of aryl methyl sites for hydroxylation is 1. The van der Waals surface area contributed by atoms with Crippen molar-refractivity contribution in [3.8, 4) is 5.75 Å². The normalized spacial score (nSPS) is 15.4. The molecule has 1 fully saturated rings. The molecule has 2 aromatic rings. The highest BCUT2D eigenvalue weighted by atomic mass is 79.9. The van der Waals surface area contributed by atoms with Gasteiger partial charge in [0.1, 0.15) is 11.4 Å². The van der Waals surface area contributed by atoms with Crippen LogP contribution in [0, 0.1) is 0 Å². The standard InChI is InChI=1S/C20H24BrN3O2S/c1-3-24-20(17(21)13-22-24)18(25)6-4-15-5-7-19(26-2)16(12-15)14-23-8-10-27-11-9-23/h4-7,12-13H,3,8-11,14H2,1-2H3/b6-4+. The van der Waals surface area contributed by atoms with Gasteiger partial charge in [-0.15, -0.1) is 0 Å². The first kappa shape index (κ1) is 20.2. The second-order valence-electron chi connectivity index (χ2n) is 6.31. The van der Waals surface area contributed by atoms with Crippen LogP contribution in [0.3, 0.4) is 0 Å². The lowest BCUT2D eigenvalue weighted by molar-refractivity contribution is 0.103. The summed E-state index contributed by atoms with van der Waals surface area (Å²) in [6, 6.07) is 6.06. The Morgan fingerprint density at radius 2 is 2.15 bits per heavy atom. The van der Waals surface area contributed by atoms with E-state index in [0.717, 1.165) is 41.0 Å². The molecular formula is C20H24BrN3O2S. The average molecular weight is 450 g/mol. The highest BCUT2D eigenvalue weighted by Gasteiger charge is 2.15. The Hall–Kier alpha value is -1.57. The van der Waals surface area contributed by atoms with Crippen molar-refractivity contribution in [2.75, 3.05) is 31.7 Å². The molecule has 1 saturated heterocycles. The zero-order chi connectivity index (χ0) is 19.2. The maximum Gasteiger partial charge on any atom is 0.205 e. The Morgan fingerprint density at radius 3 is 2.85 bits per heavy atom. The summed E-state index contributed by atoms with van der Waals surface area (Å²) in [5, 5.41) is 4.20. The van der Waals surface area contributed by atoms with E-state index in [1.165, 1.54) is 11.5 Å². The van der Waals surface area contributed by atoms with E-state index in [9.17, 15) is 4.79 Å². The highest BCUT2D eigenvalue weighted by molar-refractivity contribution is 9.10. The van der Waals surface area contributed by atoms with Crippen molar-refractivity contribution in [2.45, 2.75) is 20.0 Å². The van der Waals surface area contributed by atoms with E-state index >= 15 is 0 Å². The van der Waals surface area contributed by atoms with Gasteiger partial charge in [0.15, 0.2) is 0 Å². The molecule has 0 bridgehead atoms. The van der Waals surface area contributed by atoms with Crippen LogP contribution in [-0.4, -0.2) is 52.2 Å². The molecular weight excluding hydrogens is 426 g/mol. The summed E-state index contributed by atoms with van der Waals surface area (Å²) in [4.78, 5) is 15.0. The Bertz CT molecular complexity index is 829. The third-order valence-electron chi connectivity index (χ3n) is 4.56. The average Bonchev–Trinajstić information content (AvgIpc) is 3.08. The third kappa shape index (κ3) is 5.03. The number of ketones is 1. The van der Waals surface area contributed by atoms with Crippen LogP contribution >= 0.6 is 27.7 Å². The number of hydrogen-bond donors (Lipinski definition) is 0. The Kier molecular flexibility index (Phi) is 7.15. The predicted octanol–water partition coefficient (Wildman–Crippen LogP) is 4.12. The lowest BCUT2D eigenvalue weighted by atomic mass is 10.1. The van der Waals surface area contributed by atoms with E-state index < -0.39 is 0 Å². The molecule has 0 atom stereocenters. The highest BCUT2D eigenvalue weighted by Crippen LogP contribution is 2.24. The summed E-state index contributed by atoms with van der Waals surface area (Å²) >= 11 is 5.41. The minimum atomic E-state index is -0.0633. The number of methoxy groups -OCH3 is 1. The second-order valence-corrected chi connectivity index (χ2v) is 8.39. The molecule has 0 N–H and O–H groups in total. The summed E-state index contributed by atoms with van der Waals surface area (Å²) in [5.74, 6) is 3.18. The predicted molar refractivity (Wildman–Crippen MR) is 115 cm³/mol. The van der Waals surface area contributed by atoms with Crippen molar-refractivity contribution in [3.63, 3.8) is 0 Å². The maximum absolute atomic E-state index is 12.6. The number of ether oxygens (including phenoxy) is 1. The first-order chi connectivity index (χ1) is 13.1. The van der Waals surface area contributed by atoms with Gasteiger partial charge in [0, 0.05) is 43.2 Å². The van der Waals surface area contributed by atoms with E-state index in [2.05, 4.69) is 32.0 Å². The van der Waals surface area contributed by atoms with Gasteiger partial charge in [-0.25, -0.2) is 0 Å². The number of halogens is 1. The number of nitrogens with zero attached hydrogens (tertiary/aromatic N) is 3. The first-order valence-corrected chi connectivity index (χ1v) is 11.0. The first-order valence-electron chi connectivity index (χ1n) is 9.03. The number of rotatable bonds is 7. The SMILES string of the molecule is CCn1ncc(Br)c1C(=O)/C=C/c1ccc(OC)c(CN2CCSCC2)c1. The molecule has 0 amide bonds. The molecule has 0 radical (unpaired) electrons. The fourth-order valence-electron chi connectivity index (χ4n) is 3.12. The molecule has 2 heterocycles. The molecule has 0 spiro atoms. The van der Waals surface area contributed by atoms with Crippen LogP contribution in [0.5, 0.6) is 5.75 Å². The summed E-state index contributed by atoms with van der Waals surface area (Å²) in [5.41, 5.74) is 2.72. The number of carbonyl (C=O) groups excluding carboxylic acids is 1. The maximum atomic E-state index is 12.6. The molecule has 7 heteroatoms. The Labute approximate surface area is 172 Å². The Morgan fingerprint density at radius 1 is 1.37 bits per heavy atom. The zero-order valence-corrected chi connectivity index (χ0v) is 18.1. The van der Waals surface area contributed by atoms with Crippen molar-refractivity contribution in [1.82, 2.24) is 14.7 Å². The number of allylic oxidation sites excluding steroid dienone is 1. The number of thioether (sulfide) groups is 1. The second kappa shape index (κ2) is 9.57. The molecule has 1 aromatic carbocycles. The van der Waals surface area contributed by atoms with Crippen LogP contribution in [0.2, 0.25) is 0 Å². The van der Waals surface area contributed by atoms with Crippen molar-refractivity contribution in [3.05, 3.63) is 51.8 Å². The largest absolute Gasteiger partial charge is 0.496 e. The fraction of sp³-hybridized carbons (Fsp3) is 0.400. The van der Waals surface area contributed by atoms with E-state index in [1.54, 1.807) is 24.1 Å². The van der Waals surface area contributed by atoms with E-state index in [1.807, 2.05) is 36.9 Å². The van der Waals surface area contributed by atoms with Crippen LogP contribution in [0.1, 0.15) is 28.5 Å². The number of carbonyl (C=O) groups is 1. The van der Waals surface area contributed by atoms with Gasteiger partial charge in [0.25, 0.3) is 0 Å². The van der Waals surface area contributed by atoms with Crippen LogP contribution in [0.4, 0.5) is 0 Å². The van der Waals surface area contributed by atoms with Crippen LogP contribution in [0.25, 0.3) is 6.08 Å². The van der Waals surface area contributed by atoms with Crippen molar-refractivity contribution < 1.29 is 9.53 Å². The summed E-state index contributed by atoms with van der Waals surface area (Å²) < 4.78 is 7.95. The van der Waals surface area contributed by atoms with Crippen LogP contribution in [0.15, 0.2) is 34.9 Å². The molecule has 0 unspecified atom stereocenters. The number of hydrogen-bond acceptors (Lipinski definition) is 5. The van der Waals surface area contributed by atoms with Gasteiger partial charge < -0.3 is 4.74 Å². The minimum absolute atomic E-state index is 0.0633. The molecule has 0 saturated carbocycles. The van der Waals surface area contributed by atoms with E-state index in [0.29, 0.717) is 12.2 Å². The van der Waals surface area contributed by atoms with Gasteiger partial charge in [-0.2, -0.15) is 16.9 Å². The van der Waals surface area contributed by atoms with Gasteiger partial charge >= 0.3 is 0 Å². The van der Waals surface area contributed by atoms with Crippen LogP contribution < -0.4 is 4.74 Å². The monoisotopic (exact) mass is 449 g/mol. The van der Waals surface area contributed by atoms with Gasteiger partial charge in [-0.1, -0.05) is 12.1 Å². The fourth-order valence-corrected chi connectivity index (χ4v) is 4.59. The third-order valence-corrected chi connectivity index (χ3v) is 6.08. The molecule has 3 rings (SSSR count). The van der Waals surface area contributed by atoms with Gasteiger partial charge in [0.2, 0.25) is 5.78 Å². The van der Waals surface area contributed by atoms with E-state index in [-0.39, 0.29) is 5.78 Å². The zero-order valence-electron chi connectivity index (χ0n) is 15.7. The lowest BCUT2D eigenvalue weighted by Crippen LogP contribution is -2.32. The topological polar surface area (TPSA) is 47.4 Å². The van der Waals surface area contributed by atoms with E-state index in [4.69, 9.17) is 4.74 Å². The van der Waals surface area contributed by atoms with Gasteiger partial charge in [-0.3, -0.25) is 14.4 Å². The van der Waals surface area contributed by atoms with Gasteiger partial charge in [0.05, 0.1) is 17.8 Å². The summed E-state index contributed by atoms with van der Waals surface area (Å²) in [6.07, 6.45) is 5.13. The molecule has 1 aliphatic rings. The molecule has 1 aliphatic heterocycles. The lowest BCUT2D eigenvalue weighted by Gasteiger charge is -2.26. The smallest absolute Gasteiger partial charge is 0.205 e. The molecule has 144 valence electrons. The molecule has 27 heavy (non-hydrogen) atoms. The van der Waals surface area contributed by atoms with Crippen LogP contribution in [-0.2, 0) is 13.1 Å². The number of benzene rings is 1. The summed E-state index contributed by atoms with van der Waals surface area (Å²) in [7, 11) is 1.70. The number of aromatic nitrogens is 2. The van der Waals surface area contributed by atoms with Crippen molar-refractivity contribution >= 4 is 39.6 Å². The quantitative estimate of drug-likeness (QED) is 0.469. The van der Waals surface area contributed by atoms with Gasteiger partial charge in [-0.05, 0) is 46.6 Å². The Balaban J connectivity index is 1.78.